The minimum atomic E-state index is 0.887. The van der Waals surface area contributed by atoms with Crippen molar-refractivity contribution in [1.29, 1.82) is 0 Å². The van der Waals surface area contributed by atoms with Crippen LogP contribution in [-0.4, -0.2) is 12.8 Å². The molecule has 0 aromatic rings. The maximum atomic E-state index is 4.06. The molecule has 0 amide bonds. The molecule has 0 bridgehead atoms. The Kier molecular flexibility index (Phi) is 7.91. The molecule has 0 heterocycles. The zero-order chi connectivity index (χ0) is 7.66. The van der Waals surface area contributed by atoms with Gasteiger partial charge in [-0.25, -0.2) is 0 Å². The minimum Gasteiger partial charge on any atom is -0.293 e. The van der Waals surface area contributed by atoms with Crippen molar-refractivity contribution in [3.63, 3.8) is 0 Å². The van der Waals surface area contributed by atoms with Crippen molar-refractivity contribution in [2.75, 3.05) is 6.54 Å². The van der Waals surface area contributed by atoms with E-state index in [4.69, 9.17) is 0 Å². The Morgan fingerprint density at radius 2 is 2.10 bits per heavy atom. The van der Waals surface area contributed by atoms with Crippen LogP contribution in [0.25, 0.3) is 0 Å². The molecule has 10 heavy (non-hydrogen) atoms. The van der Waals surface area contributed by atoms with Crippen LogP contribution < -0.4 is 0 Å². The average Bonchev–Trinajstić information content (AvgIpc) is 1.97. The number of allylic oxidation sites excluding steroid dienone is 2. The van der Waals surface area contributed by atoms with E-state index in [0.717, 1.165) is 6.54 Å². The highest BCUT2D eigenvalue weighted by Gasteiger charge is 1.74. The molecule has 0 rings (SSSR count). The fourth-order valence-electron chi connectivity index (χ4n) is 0.645. The lowest BCUT2D eigenvalue weighted by molar-refractivity contribution is 0.815. The van der Waals surface area contributed by atoms with Crippen molar-refractivity contribution in [1.82, 2.24) is 0 Å². The first-order chi connectivity index (χ1) is 4.91. The summed E-state index contributed by atoms with van der Waals surface area (Å²) in [7, 11) is 0. The molecular formula is C9H17N. The monoisotopic (exact) mass is 139 g/mol. The van der Waals surface area contributed by atoms with E-state index < -0.39 is 0 Å². The molecule has 0 aliphatic heterocycles. The Labute approximate surface area is 63.9 Å². The summed E-state index contributed by atoms with van der Waals surface area (Å²) in [6.45, 7) is 5.13. The molecule has 0 fully saturated rings. The summed E-state index contributed by atoms with van der Waals surface area (Å²) in [5, 5.41) is 0. The highest BCUT2D eigenvalue weighted by molar-refractivity contribution is 5.70. The summed E-state index contributed by atoms with van der Waals surface area (Å²) < 4.78 is 0. The van der Waals surface area contributed by atoms with Gasteiger partial charge in [0, 0.05) is 12.8 Å². The van der Waals surface area contributed by atoms with Gasteiger partial charge in [-0.1, -0.05) is 25.8 Å². The lowest BCUT2D eigenvalue weighted by atomic mass is 10.2. The van der Waals surface area contributed by atoms with Crippen LogP contribution in [0.1, 0.15) is 33.1 Å². The number of aliphatic imine (C=N–C) groups is 1. The van der Waals surface area contributed by atoms with Gasteiger partial charge >= 0.3 is 0 Å². The molecule has 1 heteroatoms. The van der Waals surface area contributed by atoms with Crippen molar-refractivity contribution in [3.05, 3.63) is 12.2 Å². The van der Waals surface area contributed by atoms with Crippen LogP contribution in [0.3, 0.4) is 0 Å². The van der Waals surface area contributed by atoms with Crippen LogP contribution in [0.2, 0.25) is 0 Å². The van der Waals surface area contributed by atoms with Crippen LogP contribution in [0, 0.1) is 0 Å². The van der Waals surface area contributed by atoms with E-state index >= 15 is 0 Å². The van der Waals surface area contributed by atoms with Gasteiger partial charge in [0.25, 0.3) is 0 Å². The number of hydrogen-bond donors (Lipinski definition) is 0. The van der Waals surface area contributed by atoms with Crippen LogP contribution in [0.5, 0.6) is 0 Å². The minimum absolute atomic E-state index is 0.887. The smallest absolute Gasteiger partial charge is 0.0360 e. The zero-order valence-corrected chi connectivity index (χ0v) is 7.01. The van der Waals surface area contributed by atoms with Gasteiger partial charge in [0.2, 0.25) is 0 Å². The maximum Gasteiger partial charge on any atom is 0.0360 e. The van der Waals surface area contributed by atoms with Crippen LogP contribution in [0.15, 0.2) is 17.1 Å². The van der Waals surface area contributed by atoms with E-state index in [1.807, 2.05) is 19.2 Å². The van der Waals surface area contributed by atoms with Gasteiger partial charge in [-0.05, 0) is 19.4 Å². The van der Waals surface area contributed by atoms with Gasteiger partial charge in [-0.2, -0.15) is 0 Å². The second-order valence-electron chi connectivity index (χ2n) is 2.22. The van der Waals surface area contributed by atoms with Gasteiger partial charge in [0.05, 0.1) is 0 Å². The predicted octanol–water partition coefficient (Wildman–Crippen LogP) is 2.82. The van der Waals surface area contributed by atoms with Crippen LogP contribution in [-0.2, 0) is 0 Å². The Balaban J connectivity index is 3.11. The molecule has 0 spiro atoms. The Morgan fingerprint density at radius 3 is 2.70 bits per heavy atom. The molecule has 1 nitrogen and oxygen atoms in total. The molecule has 0 atom stereocenters. The largest absolute Gasteiger partial charge is 0.293 e. The van der Waals surface area contributed by atoms with Crippen molar-refractivity contribution in [2.45, 2.75) is 33.1 Å². The molecule has 0 saturated carbocycles. The highest BCUT2D eigenvalue weighted by Crippen LogP contribution is 1.93. The number of nitrogens with zero attached hydrogens (tertiary/aromatic N) is 1. The molecular weight excluding hydrogens is 122 g/mol. The molecule has 0 saturated heterocycles. The first-order valence-electron chi connectivity index (χ1n) is 4.06. The lowest BCUT2D eigenvalue weighted by Gasteiger charge is -1.85. The topological polar surface area (TPSA) is 12.4 Å². The van der Waals surface area contributed by atoms with E-state index in [0.29, 0.717) is 0 Å². The quantitative estimate of drug-likeness (QED) is 0.410. The zero-order valence-electron chi connectivity index (χ0n) is 7.01. The summed E-state index contributed by atoms with van der Waals surface area (Å²) in [5.41, 5.74) is 0. The van der Waals surface area contributed by atoms with Crippen molar-refractivity contribution < 1.29 is 0 Å². The third-order valence-electron chi connectivity index (χ3n) is 1.23. The number of rotatable bonds is 5. The summed E-state index contributed by atoms with van der Waals surface area (Å²) in [5.74, 6) is 0. The SMILES string of the molecule is CCCC/C=C/C=NCC. The molecule has 0 unspecified atom stereocenters. The van der Waals surface area contributed by atoms with E-state index in [9.17, 15) is 0 Å². The Morgan fingerprint density at radius 1 is 1.30 bits per heavy atom. The lowest BCUT2D eigenvalue weighted by Crippen LogP contribution is -1.70. The molecule has 0 aromatic carbocycles. The van der Waals surface area contributed by atoms with Gasteiger partial charge in [-0.3, -0.25) is 4.99 Å². The van der Waals surface area contributed by atoms with Gasteiger partial charge in [0.15, 0.2) is 0 Å². The van der Waals surface area contributed by atoms with Crippen molar-refractivity contribution >= 4 is 6.21 Å². The second-order valence-corrected chi connectivity index (χ2v) is 2.22. The number of hydrogen-bond acceptors (Lipinski definition) is 1. The molecule has 0 aromatic heterocycles. The standard InChI is InChI=1S/C9H17N/c1-3-5-6-7-8-9-10-4-2/h7-9H,3-6H2,1-2H3/b8-7+,10-9?. The third-order valence-corrected chi connectivity index (χ3v) is 1.23. The van der Waals surface area contributed by atoms with Gasteiger partial charge < -0.3 is 0 Å². The highest BCUT2D eigenvalue weighted by atomic mass is 14.7. The summed E-state index contributed by atoms with van der Waals surface area (Å²) in [6, 6.07) is 0. The molecule has 58 valence electrons. The first kappa shape index (κ1) is 9.41. The average molecular weight is 139 g/mol. The Hall–Kier alpha value is -0.590. The summed E-state index contributed by atoms with van der Waals surface area (Å²) in [6.07, 6.45) is 9.81. The first-order valence-corrected chi connectivity index (χ1v) is 4.06. The molecule has 0 aliphatic carbocycles. The van der Waals surface area contributed by atoms with Crippen molar-refractivity contribution in [3.8, 4) is 0 Å². The normalized spacial score (nSPS) is 11.8. The second kappa shape index (κ2) is 8.41. The molecule has 0 radical (unpaired) electrons. The Bertz CT molecular complexity index is 103. The van der Waals surface area contributed by atoms with E-state index in [1.54, 1.807) is 0 Å². The summed E-state index contributed by atoms with van der Waals surface area (Å²) >= 11 is 0. The fourth-order valence-corrected chi connectivity index (χ4v) is 0.645. The number of unbranched alkanes of at least 4 members (excludes halogenated alkanes) is 2. The van der Waals surface area contributed by atoms with Gasteiger partial charge in [0.1, 0.15) is 0 Å². The third kappa shape index (κ3) is 7.41. The summed E-state index contributed by atoms with van der Waals surface area (Å²) in [4.78, 5) is 4.06. The molecule has 0 aliphatic rings. The van der Waals surface area contributed by atoms with E-state index in [1.165, 1.54) is 19.3 Å². The fraction of sp³-hybridized carbons (Fsp3) is 0.667. The predicted molar refractivity (Wildman–Crippen MR) is 47.7 cm³/mol. The van der Waals surface area contributed by atoms with Crippen LogP contribution >= 0.6 is 0 Å². The van der Waals surface area contributed by atoms with Gasteiger partial charge in [-0.15, -0.1) is 0 Å². The molecule has 0 N–H and O–H groups in total. The van der Waals surface area contributed by atoms with Crippen molar-refractivity contribution in [2.24, 2.45) is 4.99 Å². The van der Waals surface area contributed by atoms with E-state index in [-0.39, 0.29) is 0 Å². The van der Waals surface area contributed by atoms with E-state index in [2.05, 4.69) is 18.0 Å². The van der Waals surface area contributed by atoms with Crippen LogP contribution in [0.4, 0.5) is 0 Å². The maximum absolute atomic E-state index is 4.06.